The van der Waals surface area contributed by atoms with Crippen molar-refractivity contribution in [1.82, 2.24) is 10.2 Å². The molecule has 1 unspecified atom stereocenters. The van der Waals surface area contributed by atoms with Gasteiger partial charge in [-0.25, -0.2) is 0 Å². The molecule has 0 aromatic carbocycles. The summed E-state index contributed by atoms with van der Waals surface area (Å²) < 4.78 is 0. The SMILES string of the molecule is CCN(CC1CC1)C(=O)CCC1CCCNC1. The van der Waals surface area contributed by atoms with Crippen LogP contribution in [0.25, 0.3) is 0 Å². The van der Waals surface area contributed by atoms with E-state index in [4.69, 9.17) is 0 Å². The van der Waals surface area contributed by atoms with Crippen molar-refractivity contribution >= 4 is 5.91 Å². The molecule has 2 rings (SSSR count). The fourth-order valence-corrected chi connectivity index (χ4v) is 2.68. The number of piperidine rings is 1. The van der Waals surface area contributed by atoms with E-state index in [1.165, 1.54) is 25.7 Å². The highest BCUT2D eigenvalue weighted by atomic mass is 16.2. The van der Waals surface area contributed by atoms with Gasteiger partial charge in [-0.05, 0) is 64.0 Å². The molecule has 3 nitrogen and oxygen atoms in total. The summed E-state index contributed by atoms with van der Waals surface area (Å²) in [5.41, 5.74) is 0. The van der Waals surface area contributed by atoms with Gasteiger partial charge in [-0.1, -0.05) is 0 Å². The highest BCUT2D eigenvalue weighted by Crippen LogP contribution is 2.30. The molecule has 1 aliphatic heterocycles. The summed E-state index contributed by atoms with van der Waals surface area (Å²) >= 11 is 0. The molecular formula is C14H26N2O. The number of amides is 1. The lowest BCUT2D eigenvalue weighted by Crippen LogP contribution is -2.34. The second-order valence-corrected chi connectivity index (χ2v) is 5.63. The minimum absolute atomic E-state index is 0.380. The fraction of sp³-hybridized carbons (Fsp3) is 0.929. The van der Waals surface area contributed by atoms with Crippen LogP contribution < -0.4 is 5.32 Å². The van der Waals surface area contributed by atoms with Gasteiger partial charge in [0.1, 0.15) is 0 Å². The predicted molar refractivity (Wildman–Crippen MR) is 69.8 cm³/mol. The maximum Gasteiger partial charge on any atom is 0.222 e. The summed E-state index contributed by atoms with van der Waals surface area (Å²) in [7, 11) is 0. The molecule has 0 aromatic rings. The number of nitrogens with one attached hydrogen (secondary N) is 1. The standard InChI is InChI=1S/C14H26N2O/c1-2-16(11-13-5-6-13)14(17)8-7-12-4-3-9-15-10-12/h12-13,15H,2-11H2,1H3. The zero-order chi connectivity index (χ0) is 12.1. The third-order valence-electron chi connectivity index (χ3n) is 4.08. The molecule has 0 aromatic heterocycles. The molecule has 2 fully saturated rings. The number of carbonyl (C=O) groups is 1. The molecule has 0 radical (unpaired) electrons. The van der Waals surface area contributed by atoms with Gasteiger partial charge in [-0.2, -0.15) is 0 Å². The highest BCUT2D eigenvalue weighted by molar-refractivity contribution is 5.76. The number of rotatable bonds is 6. The monoisotopic (exact) mass is 238 g/mol. The maximum absolute atomic E-state index is 12.1. The van der Waals surface area contributed by atoms with Crippen molar-refractivity contribution in [2.24, 2.45) is 11.8 Å². The average molecular weight is 238 g/mol. The van der Waals surface area contributed by atoms with Gasteiger partial charge in [-0.15, -0.1) is 0 Å². The normalized spacial score (nSPS) is 24.6. The lowest BCUT2D eigenvalue weighted by Gasteiger charge is -2.25. The Morgan fingerprint density at radius 1 is 1.29 bits per heavy atom. The van der Waals surface area contributed by atoms with E-state index in [-0.39, 0.29) is 0 Å². The molecule has 0 bridgehead atoms. The first kappa shape index (κ1) is 12.9. The van der Waals surface area contributed by atoms with E-state index in [0.717, 1.165) is 50.9 Å². The van der Waals surface area contributed by atoms with Crippen molar-refractivity contribution in [3.63, 3.8) is 0 Å². The first-order valence-electron chi connectivity index (χ1n) is 7.28. The molecule has 98 valence electrons. The summed E-state index contributed by atoms with van der Waals surface area (Å²) in [6.45, 7) is 6.27. The van der Waals surface area contributed by atoms with E-state index >= 15 is 0 Å². The zero-order valence-electron chi connectivity index (χ0n) is 11.1. The summed E-state index contributed by atoms with van der Waals surface area (Å²) in [6, 6.07) is 0. The summed E-state index contributed by atoms with van der Waals surface area (Å²) in [6.07, 6.45) is 7.07. The van der Waals surface area contributed by atoms with E-state index in [9.17, 15) is 4.79 Å². The van der Waals surface area contributed by atoms with Crippen molar-refractivity contribution in [3.8, 4) is 0 Å². The van der Waals surface area contributed by atoms with Gasteiger partial charge in [0, 0.05) is 19.5 Å². The van der Waals surface area contributed by atoms with Crippen LogP contribution >= 0.6 is 0 Å². The van der Waals surface area contributed by atoms with Crippen LogP contribution in [0.5, 0.6) is 0 Å². The molecule has 1 heterocycles. The minimum atomic E-state index is 0.380. The first-order chi connectivity index (χ1) is 8.29. The van der Waals surface area contributed by atoms with E-state index in [2.05, 4.69) is 17.1 Å². The second-order valence-electron chi connectivity index (χ2n) is 5.63. The van der Waals surface area contributed by atoms with E-state index in [0.29, 0.717) is 5.91 Å². The maximum atomic E-state index is 12.1. The van der Waals surface area contributed by atoms with Crippen LogP contribution in [0.15, 0.2) is 0 Å². The Morgan fingerprint density at radius 2 is 2.12 bits per heavy atom. The van der Waals surface area contributed by atoms with Gasteiger partial charge >= 0.3 is 0 Å². The van der Waals surface area contributed by atoms with Gasteiger partial charge in [0.15, 0.2) is 0 Å². The minimum Gasteiger partial charge on any atom is -0.343 e. The van der Waals surface area contributed by atoms with Crippen molar-refractivity contribution in [3.05, 3.63) is 0 Å². The highest BCUT2D eigenvalue weighted by Gasteiger charge is 2.26. The fourth-order valence-electron chi connectivity index (χ4n) is 2.68. The second kappa shape index (κ2) is 6.39. The Labute approximate surface area is 105 Å². The van der Waals surface area contributed by atoms with Crippen molar-refractivity contribution < 1.29 is 4.79 Å². The number of carbonyl (C=O) groups excluding carboxylic acids is 1. The molecule has 1 saturated carbocycles. The van der Waals surface area contributed by atoms with Gasteiger partial charge in [0.25, 0.3) is 0 Å². The first-order valence-corrected chi connectivity index (χ1v) is 7.28. The Kier molecular flexibility index (Phi) is 4.84. The van der Waals surface area contributed by atoms with E-state index in [1.54, 1.807) is 0 Å². The third kappa shape index (κ3) is 4.30. The summed E-state index contributed by atoms with van der Waals surface area (Å²) in [5.74, 6) is 1.92. The molecule has 0 spiro atoms. The zero-order valence-corrected chi connectivity index (χ0v) is 11.1. The molecule has 1 aliphatic carbocycles. The van der Waals surface area contributed by atoms with Crippen LogP contribution in [0.1, 0.15) is 45.4 Å². The van der Waals surface area contributed by atoms with Crippen molar-refractivity contribution in [2.45, 2.75) is 45.4 Å². The Balaban J connectivity index is 1.66. The van der Waals surface area contributed by atoms with Crippen LogP contribution in [0.3, 0.4) is 0 Å². The number of nitrogens with zero attached hydrogens (tertiary/aromatic N) is 1. The van der Waals surface area contributed by atoms with E-state index < -0.39 is 0 Å². The number of hydrogen-bond acceptors (Lipinski definition) is 2. The Hall–Kier alpha value is -0.570. The van der Waals surface area contributed by atoms with Crippen LogP contribution in [-0.4, -0.2) is 37.0 Å². The Morgan fingerprint density at radius 3 is 2.71 bits per heavy atom. The molecule has 1 N–H and O–H groups in total. The van der Waals surface area contributed by atoms with Crippen LogP contribution in [0.4, 0.5) is 0 Å². The molecule has 2 aliphatic rings. The topological polar surface area (TPSA) is 32.3 Å². The van der Waals surface area contributed by atoms with Crippen molar-refractivity contribution in [2.75, 3.05) is 26.2 Å². The quantitative estimate of drug-likeness (QED) is 0.768. The van der Waals surface area contributed by atoms with Gasteiger partial charge in [-0.3, -0.25) is 4.79 Å². The third-order valence-corrected chi connectivity index (χ3v) is 4.08. The van der Waals surface area contributed by atoms with Crippen LogP contribution in [-0.2, 0) is 4.79 Å². The smallest absolute Gasteiger partial charge is 0.222 e. The van der Waals surface area contributed by atoms with Crippen LogP contribution in [0, 0.1) is 11.8 Å². The lowest BCUT2D eigenvalue weighted by molar-refractivity contribution is -0.131. The van der Waals surface area contributed by atoms with Crippen molar-refractivity contribution in [1.29, 1.82) is 0 Å². The molecule has 1 atom stereocenters. The molecule has 1 saturated heterocycles. The average Bonchev–Trinajstić information content (AvgIpc) is 3.18. The predicted octanol–water partition coefficient (Wildman–Crippen LogP) is 2.02. The van der Waals surface area contributed by atoms with E-state index in [1.807, 2.05) is 0 Å². The summed E-state index contributed by atoms with van der Waals surface area (Å²) in [5, 5.41) is 3.42. The largest absolute Gasteiger partial charge is 0.343 e. The molecule has 17 heavy (non-hydrogen) atoms. The molecule has 3 heteroatoms. The van der Waals surface area contributed by atoms with Crippen LogP contribution in [0.2, 0.25) is 0 Å². The Bertz CT molecular complexity index is 245. The van der Waals surface area contributed by atoms with Gasteiger partial charge in [0.05, 0.1) is 0 Å². The summed E-state index contributed by atoms with van der Waals surface area (Å²) in [4.78, 5) is 14.1. The van der Waals surface area contributed by atoms with Gasteiger partial charge in [0.2, 0.25) is 5.91 Å². The molecular weight excluding hydrogens is 212 g/mol. The molecule has 1 amide bonds. The number of hydrogen-bond donors (Lipinski definition) is 1. The lowest BCUT2D eigenvalue weighted by atomic mass is 9.94. The van der Waals surface area contributed by atoms with Gasteiger partial charge < -0.3 is 10.2 Å².